The van der Waals surface area contributed by atoms with Gasteiger partial charge in [-0.1, -0.05) is 34.1 Å². The fourth-order valence-electron chi connectivity index (χ4n) is 1.61. The van der Waals surface area contributed by atoms with Crippen molar-refractivity contribution in [2.45, 2.75) is 52.6 Å². The number of carbonyl (C=O) groups excluding carboxylic acids is 2. The summed E-state index contributed by atoms with van der Waals surface area (Å²) in [6.45, 7) is 7.86. The van der Waals surface area contributed by atoms with E-state index in [0.717, 1.165) is 6.42 Å². The number of carbonyl (C=O) groups is 2. The lowest BCUT2D eigenvalue weighted by molar-refractivity contribution is -0.145. The van der Waals surface area contributed by atoms with E-state index in [1.54, 1.807) is 0 Å². The van der Waals surface area contributed by atoms with Gasteiger partial charge in [-0.25, -0.2) is 4.79 Å². The molecule has 0 bridgehead atoms. The molecule has 0 rings (SSSR count). The Hall–Kier alpha value is -1.10. The highest BCUT2D eigenvalue weighted by Crippen LogP contribution is 2.09. The van der Waals surface area contributed by atoms with Gasteiger partial charge in [0.2, 0.25) is 5.91 Å². The normalized spacial score (nSPS) is 15.9. The second-order valence-corrected chi connectivity index (χ2v) is 5.13. The molecule has 0 heterocycles. The lowest BCUT2D eigenvalue weighted by atomic mass is 9.98. The molecule has 0 aromatic heterocycles. The first-order valence-corrected chi connectivity index (χ1v) is 6.47. The minimum absolute atomic E-state index is 0.0855. The van der Waals surface area contributed by atoms with Crippen LogP contribution in [-0.4, -0.2) is 31.1 Å². The molecule has 0 aliphatic rings. The summed E-state index contributed by atoms with van der Waals surface area (Å²) in [6, 6.07) is -1.20. The maximum absolute atomic E-state index is 11.9. The van der Waals surface area contributed by atoms with E-state index in [1.807, 2.05) is 27.7 Å². The molecular formula is C13H26N2O3. The van der Waals surface area contributed by atoms with E-state index in [0.29, 0.717) is 6.42 Å². The molecule has 0 aliphatic carbocycles. The number of rotatable bonds is 7. The Morgan fingerprint density at radius 1 is 1.28 bits per heavy atom. The van der Waals surface area contributed by atoms with Crippen LogP contribution in [0.3, 0.4) is 0 Å². The fraction of sp³-hybridized carbons (Fsp3) is 0.846. The number of nitrogens with one attached hydrogen (secondary N) is 1. The lowest BCUT2D eigenvalue weighted by Crippen LogP contribution is -2.51. The predicted octanol–water partition coefficient (Wildman–Crippen LogP) is 1.06. The van der Waals surface area contributed by atoms with Gasteiger partial charge >= 0.3 is 5.97 Å². The van der Waals surface area contributed by atoms with Crippen molar-refractivity contribution in [3.05, 3.63) is 0 Å². The third kappa shape index (κ3) is 5.49. The maximum atomic E-state index is 11.9. The van der Waals surface area contributed by atoms with E-state index in [1.165, 1.54) is 7.11 Å². The summed E-state index contributed by atoms with van der Waals surface area (Å²) in [5.74, 6) is -0.342. The number of hydrogen-bond acceptors (Lipinski definition) is 4. The van der Waals surface area contributed by atoms with Crippen molar-refractivity contribution in [1.29, 1.82) is 0 Å². The summed E-state index contributed by atoms with van der Waals surface area (Å²) < 4.78 is 4.69. The second-order valence-electron chi connectivity index (χ2n) is 5.13. The van der Waals surface area contributed by atoms with E-state index in [2.05, 4.69) is 10.1 Å². The van der Waals surface area contributed by atoms with Gasteiger partial charge in [-0.2, -0.15) is 0 Å². The van der Waals surface area contributed by atoms with E-state index in [9.17, 15) is 9.59 Å². The first kappa shape index (κ1) is 16.9. The summed E-state index contributed by atoms with van der Waals surface area (Å²) in [5.41, 5.74) is 5.83. The molecule has 18 heavy (non-hydrogen) atoms. The van der Waals surface area contributed by atoms with Crippen molar-refractivity contribution >= 4 is 11.9 Å². The minimum atomic E-state index is -0.613. The number of esters is 1. The summed E-state index contributed by atoms with van der Waals surface area (Å²) in [6.07, 6.45) is 1.37. The topological polar surface area (TPSA) is 81.4 Å². The van der Waals surface area contributed by atoms with Gasteiger partial charge < -0.3 is 15.8 Å². The average Bonchev–Trinajstić information content (AvgIpc) is 2.34. The van der Waals surface area contributed by atoms with Crippen LogP contribution in [0.2, 0.25) is 0 Å². The van der Waals surface area contributed by atoms with Gasteiger partial charge in [-0.15, -0.1) is 0 Å². The zero-order chi connectivity index (χ0) is 14.3. The van der Waals surface area contributed by atoms with Crippen molar-refractivity contribution in [3.8, 4) is 0 Å². The number of amides is 1. The lowest BCUT2D eigenvalue weighted by Gasteiger charge is -2.23. The molecule has 1 unspecified atom stereocenters. The highest BCUT2D eigenvalue weighted by molar-refractivity contribution is 5.87. The van der Waals surface area contributed by atoms with Crippen molar-refractivity contribution in [3.63, 3.8) is 0 Å². The molecule has 106 valence electrons. The molecule has 0 fully saturated rings. The minimum Gasteiger partial charge on any atom is -0.467 e. The van der Waals surface area contributed by atoms with Gasteiger partial charge in [0.25, 0.3) is 0 Å². The van der Waals surface area contributed by atoms with Crippen LogP contribution >= 0.6 is 0 Å². The van der Waals surface area contributed by atoms with Gasteiger partial charge in [-0.05, 0) is 18.3 Å². The van der Waals surface area contributed by atoms with Crippen molar-refractivity contribution in [1.82, 2.24) is 5.32 Å². The molecule has 0 radical (unpaired) electrons. The van der Waals surface area contributed by atoms with Crippen LogP contribution in [0.25, 0.3) is 0 Å². The van der Waals surface area contributed by atoms with Crippen molar-refractivity contribution < 1.29 is 14.3 Å². The summed E-state index contributed by atoms with van der Waals surface area (Å²) in [7, 11) is 1.32. The van der Waals surface area contributed by atoms with Crippen molar-refractivity contribution in [2.24, 2.45) is 17.6 Å². The standard InChI is InChI=1S/C13H26N2O3/c1-6-9(4)11(14)12(16)15-10(7-8(2)3)13(17)18-5/h8-11H,6-7,14H2,1-5H3,(H,15,16)/t9?,10-,11-/m0/s1. The summed E-state index contributed by atoms with van der Waals surface area (Å²) >= 11 is 0. The molecule has 0 aromatic carbocycles. The smallest absolute Gasteiger partial charge is 0.328 e. The van der Waals surface area contributed by atoms with Crippen LogP contribution in [0.1, 0.15) is 40.5 Å². The quantitative estimate of drug-likeness (QED) is 0.669. The Labute approximate surface area is 109 Å². The SMILES string of the molecule is CCC(C)[C@H](N)C(=O)N[C@@H](CC(C)C)C(=O)OC. The third-order valence-electron chi connectivity index (χ3n) is 3.07. The summed E-state index contributed by atoms with van der Waals surface area (Å²) in [4.78, 5) is 23.5. The van der Waals surface area contributed by atoms with Crippen LogP contribution < -0.4 is 11.1 Å². The van der Waals surface area contributed by atoms with Crippen molar-refractivity contribution in [2.75, 3.05) is 7.11 Å². The van der Waals surface area contributed by atoms with Gasteiger partial charge in [0.05, 0.1) is 13.2 Å². The van der Waals surface area contributed by atoms with Crippen LogP contribution in [0.4, 0.5) is 0 Å². The van der Waals surface area contributed by atoms with E-state index in [4.69, 9.17) is 5.73 Å². The Bertz CT molecular complexity index is 279. The second kappa shape index (κ2) is 8.08. The number of nitrogens with two attached hydrogens (primary N) is 1. The molecule has 0 aromatic rings. The van der Waals surface area contributed by atoms with Gasteiger partial charge in [0, 0.05) is 0 Å². The van der Waals surface area contributed by atoms with E-state index in [-0.39, 0.29) is 17.7 Å². The van der Waals surface area contributed by atoms with Gasteiger partial charge in [-0.3, -0.25) is 4.79 Å². The molecule has 5 heteroatoms. The molecule has 0 saturated heterocycles. The molecule has 0 aliphatic heterocycles. The van der Waals surface area contributed by atoms with Gasteiger partial charge in [0.1, 0.15) is 6.04 Å². The first-order chi connectivity index (χ1) is 8.33. The molecule has 3 atom stereocenters. The Morgan fingerprint density at radius 3 is 2.22 bits per heavy atom. The van der Waals surface area contributed by atoms with E-state index >= 15 is 0 Å². The fourth-order valence-corrected chi connectivity index (χ4v) is 1.61. The molecule has 5 nitrogen and oxygen atoms in total. The molecular weight excluding hydrogens is 232 g/mol. The average molecular weight is 258 g/mol. The third-order valence-corrected chi connectivity index (χ3v) is 3.07. The number of ether oxygens (including phenoxy) is 1. The molecule has 3 N–H and O–H groups in total. The molecule has 1 amide bonds. The zero-order valence-corrected chi connectivity index (χ0v) is 12.0. The van der Waals surface area contributed by atoms with Crippen LogP contribution in [0.15, 0.2) is 0 Å². The number of hydrogen-bond donors (Lipinski definition) is 2. The van der Waals surface area contributed by atoms with Crippen LogP contribution in [0.5, 0.6) is 0 Å². The molecule has 0 spiro atoms. The first-order valence-electron chi connectivity index (χ1n) is 6.47. The monoisotopic (exact) mass is 258 g/mol. The van der Waals surface area contributed by atoms with E-state index < -0.39 is 18.1 Å². The largest absolute Gasteiger partial charge is 0.467 e. The Kier molecular flexibility index (Phi) is 7.59. The highest BCUT2D eigenvalue weighted by Gasteiger charge is 2.26. The molecule has 0 saturated carbocycles. The summed E-state index contributed by atoms with van der Waals surface area (Å²) in [5, 5.41) is 2.68. The predicted molar refractivity (Wildman–Crippen MR) is 70.8 cm³/mol. The highest BCUT2D eigenvalue weighted by atomic mass is 16.5. The Balaban J connectivity index is 4.57. The van der Waals surface area contributed by atoms with Crippen LogP contribution in [0, 0.1) is 11.8 Å². The number of methoxy groups -OCH3 is 1. The maximum Gasteiger partial charge on any atom is 0.328 e. The zero-order valence-electron chi connectivity index (χ0n) is 12.0. The Morgan fingerprint density at radius 2 is 1.83 bits per heavy atom. The van der Waals surface area contributed by atoms with Crippen LogP contribution in [-0.2, 0) is 14.3 Å². The van der Waals surface area contributed by atoms with Gasteiger partial charge in [0.15, 0.2) is 0 Å².